The Hall–Kier alpha value is -3.26. The molecule has 0 fully saturated rings. The fourth-order valence-electron chi connectivity index (χ4n) is 2.98. The van der Waals surface area contributed by atoms with E-state index in [0.29, 0.717) is 0 Å². The van der Waals surface area contributed by atoms with Gasteiger partial charge in [-0.05, 0) is 46.8 Å². The summed E-state index contributed by atoms with van der Waals surface area (Å²) in [4.78, 5) is 0. The summed E-state index contributed by atoms with van der Waals surface area (Å²) in [6.45, 7) is 0. The summed E-state index contributed by atoms with van der Waals surface area (Å²) in [5, 5.41) is 15.4. The maximum absolute atomic E-state index is 9.52. The van der Waals surface area contributed by atoms with Crippen molar-refractivity contribution in [1.29, 1.82) is 0 Å². The molecule has 0 aliphatic heterocycles. The second kappa shape index (κ2) is 6.09. The van der Waals surface area contributed by atoms with Gasteiger partial charge in [0.2, 0.25) is 0 Å². The van der Waals surface area contributed by atoms with Gasteiger partial charge >= 0.3 is 0 Å². The summed E-state index contributed by atoms with van der Waals surface area (Å²) in [6, 6.07) is 30.1. The predicted octanol–water partition coefficient (Wildman–Crippen LogP) is 5.96. The Kier molecular flexibility index (Phi) is 3.64. The Labute approximate surface area is 141 Å². The Morgan fingerprint density at radius 1 is 0.583 bits per heavy atom. The van der Waals surface area contributed by atoms with Crippen molar-refractivity contribution in [2.45, 2.75) is 0 Å². The third-order valence-electron chi connectivity index (χ3n) is 4.16. The Morgan fingerprint density at radius 2 is 1.25 bits per heavy atom. The van der Waals surface area contributed by atoms with E-state index in [4.69, 9.17) is 0 Å². The highest BCUT2D eigenvalue weighted by Gasteiger charge is 2.08. The van der Waals surface area contributed by atoms with E-state index in [9.17, 15) is 5.11 Å². The van der Waals surface area contributed by atoms with E-state index in [1.165, 1.54) is 10.8 Å². The minimum absolute atomic E-state index is 0.283. The van der Waals surface area contributed by atoms with E-state index in [-0.39, 0.29) is 5.75 Å². The standard InChI is InChI=1S/C22H17NO/c24-18-12-10-16(11-13-18)19-14-15-22(21-9-5-4-8-20(19)21)23-17-6-2-1-3-7-17/h1-15,23-24H. The topological polar surface area (TPSA) is 32.3 Å². The first-order valence-corrected chi connectivity index (χ1v) is 7.94. The van der Waals surface area contributed by atoms with Crippen LogP contribution in [0.4, 0.5) is 11.4 Å². The quantitative estimate of drug-likeness (QED) is 0.489. The van der Waals surface area contributed by atoms with Crippen molar-refractivity contribution in [2.24, 2.45) is 0 Å². The molecule has 116 valence electrons. The zero-order chi connectivity index (χ0) is 16.4. The molecule has 4 aromatic rings. The van der Waals surface area contributed by atoms with Gasteiger partial charge in [-0.15, -0.1) is 0 Å². The maximum Gasteiger partial charge on any atom is 0.115 e. The van der Waals surface area contributed by atoms with Crippen LogP contribution in [0.15, 0.2) is 91.0 Å². The molecule has 4 rings (SSSR count). The molecule has 0 aliphatic carbocycles. The minimum Gasteiger partial charge on any atom is -0.508 e. The molecule has 0 unspecified atom stereocenters. The van der Waals surface area contributed by atoms with Crippen LogP contribution >= 0.6 is 0 Å². The highest BCUT2D eigenvalue weighted by molar-refractivity contribution is 6.04. The van der Waals surface area contributed by atoms with Gasteiger partial charge in [0.15, 0.2) is 0 Å². The largest absolute Gasteiger partial charge is 0.508 e. The zero-order valence-corrected chi connectivity index (χ0v) is 13.1. The Balaban J connectivity index is 1.84. The number of rotatable bonds is 3. The number of anilines is 2. The predicted molar refractivity (Wildman–Crippen MR) is 101 cm³/mol. The van der Waals surface area contributed by atoms with Gasteiger partial charge in [0.05, 0.1) is 0 Å². The summed E-state index contributed by atoms with van der Waals surface area (Å²) >= 11 is 0. The molecule has 0 bridgehead atoms. The summed E-state index contributed by atoms with van der Waals surface area (Å²) in [5.74, 6) is 0.283. The molecule has 2 nitrogen and oxygen atoms in total. The van der Waals surface area contributed by atoms with Crippen molar-refractivity contribution in [3.05, 3.63) is 91.0 Å². The molecule has 0 atom stereocenters. The smallest absolute Gasteiger partial charge is 0.115 e. The molecule has 0 saturated heterocycles. The molecule has 2 N–H and O–H groups in total. The fourth-order valence-corrected chi connectivity index (χ4v) is 2.98. The number of hydrogen-bond acceptors (Lipinski definition) is 2. The maximum atomic E-state index is 9.52. The van der Waals surface area contributed by atoms with Gasteiger partial charge in [-0.3, -0.25) is 0 Å². The lowest BCUT2D eigenvalue weighted by molar-refractivity contribution is 0.475. The Morgan fingerprint density at radius 3 is 2.00 bits per heavy atom. The number of aromatic hydroxyl groups is 1. The van der Waals surface area contributed by atoms with E-state index in [1.54, 1.807) is 12.1 Å². The number of nitrogens with one attached hydrogen (secondary N) is 1. The molecule has 0 aromatic heterocycles. The summed E-state index contributed by atoms with van der Waals surface area (Å²) in [5.41, 5.74) is 4.40. The number of hydrogen-bond donors (Lipinski definition) is 2. The van der Waals surface area contributed by atoms with Crippen molar-refractivity contribution in [3.8, 4) is 16.9 Å². The van der Waals surface area contributed by atoms with Crippen molar-refractivity contribution in [2.75, 3.05) is 5.32 Å². The van der Waals surface area contributed by atoms with Crippen molar-refractivity contribution >= 4 is 22.1 Å². The lowest BCUT2D eigenvalue weighted by Crippen LogP contribution is -1.92. The van der Waals surface area contributed by atoms with E-state index >= 15 is 0 Å². The average Bonchev–Trinajstić information content (AvgIpc) is 2.64. The van der Waals surface area contributed by atoms with E-state index in [2.05, 4.69) is 53.8 Å². The Bertz CT molecular complexity index is 976. The van der Waals surface area contributed by atoms with Crippen LogP contribution in [0, 0.1) is 0 Å². The molecule has 24 heavy (non-hydrogen) atoms. The van der Waals surface area contributed by atoms with Crippen molar-refractivity contribution in [1.82, 2.24) is 0 Å². The lowest BCUT2D eigenvalue weighted by atomic mass is 9.97. The molecule has 0 spiro atoms. The third kappa shape index (κ3) is 2.70. The van der Waals surface area contributed by atoms with Gasteiger partial charge in [-0.25, -0.2) is 0 Å². The summed E-state index contributed by atoms with van der Waals surface area (Å²) < 4.78 is 0. The number of para-hydroxylation sites is 1. The lowest BCUT2D eigenvalue weighted by Gasteiger charge is -2.13. The van der Waals surface area contributed by atoms with E-state index in [0.717, 1.165) is 22.5 Å². The normalized spacial score (nSPS) is 10.7. The van der Waals surface area contributed by atoms with Crippen LogP contribution in [0.1, 0.15) is 0 Å². The minimum atomic E-state index is 0.283. The molecular weight excluding hydrogens is 294 g/mol. The molecule has 0 heterocycles. The second-order valence-corrected chi connectivity index (χ2v) is 5.74. The fraction of sp³-hybridized carbons (Fsp3) is 0. The summed E-state index contributed by atoms with van der Waals surface area (Å²) in [7, 11) is 0. The van der Waals surface area contributed by atoms with E-state index in [1.807, 2.05) is 30.3 Å². The molecule has 2 heteroatoms. The van der Waals surface area contributed by atoms with Gasteiger partial charge in [0.1, 0.15) is 5.75 Å². The highest BCUT2D eigenvalue weighted by Crippen LogP contribution is 2.34. The van der Waals surface area contributed by atoms with E-state index < -0.39 is 0 Å². The van der Waals surface area contributed by atoms with Crippen LogP contribution in [0.3, 0.4) is 0 Å². The number of phenolic OH excluding ortho intramolecular Hbond substituents is 1. The second-order valence-electron chi connectivity index (χ2n) is 5.74. The van der Waals surface area contributed by atoms with Crippen molar-refractivity contribution in [3.63, 3.8) is 0 Å². The van der Waals surface area contributed by atoms with Crippen LogP contribution in [-0.4, -0.2) is 5.11 Å². The number of fused-ring (bicyclic) bond motifs is 1. The first-order valence-electron chi connectivity index (χ1n) is 7.94. The van der Waals surface area contributed by atoms with Crippen LogP contribution in [0.2, 0.25) is 0 Å². The van der Waals surface area contributed by atoms with Gasteiger partial charge in [-0.1, -0.05) is 60.7 Å². The monoisotopic (exact) mass is 311 g/mol. The number of benzene rings is 4. The van der Waals surface area contributed by atoms with Crippen molar-refractivity contribution < 1.29 is 5.11 Å². The van der Waals surface area contributed by atoms with Gasteiger partial charge in [0.25, 0.3) is 0 Å². The molecule has 0 aliphatic rings. The van der Waals surface area contributed by atoms with Crippen LogP contribution in [0.5, 0.6) is 5.75 Å². The molecular formula is C22H17NO. The highest BCUT2D eigenvalue weighted by atomic mass is 16.3. The molecule has 4 aromatic carbocycles. The van der Waals surface area contributed by atoms with Crippen LogP contribution < -0.4 is 5.32 Å². The van der Waals surface area contributed by atoms with Gasteiger partial charge in [-0.2, -0.15) is 0 Å². The number of phenols is 1. The zero-order valence-electron chi connectivity index (χ0n) is 13.1. The average molecular weight is 311 g/mol. The first kappa shape index (κ1) is 14.3. The third-order valence-corrected chi connectivity index (χ3v) is 4.16. The SMILES string of the molecule is Oc1ccc(-c2ccc(Nc3ccccc3)c3ccccc23)cc1. The molecule has 0 saturated carbocycles. The molecule has 0 radical (unpaired) electrons. The van der Waals surface area contributed by atoms with Gasteiger partial charge < -0.3 is 10.4 Å². The summed E-state index contributed by atoms with van der Waals surface area (Å²) in [6.07, 6.45) is 0. The van der Waals surface area contributed by atoms with Crippen LogP contribution in [-0.2, 0) is 0 Å². The first-order chi connectivity index (χ1) is 11.8. The van der Waals surface area contributed by atoms with Gasteiger partial charge in [0, 0.05) is 16.8 Å². The molecule has 0 amide bonds. The van der Waals surface area contributed by atoms with Crippen LogP contribution in [0.25, 0.3) is 21.9 Å².